The van der Waals surface area contributed by atoms with Crippen molar-refractivity contribution in [1.29, 1.82) is 0 Å². The first-order valence-corrected chi connectivity index (χ1v) is 4.36. The largest absolute Gasteiger partial charge is 0.0683 e. The third kappa shape index (κ3) is 1.47. The molecule has 2 fully saturated rings. The highest BCUT2D eigenvalue weighted by atomic mass is 14.5. The molecule has 0 saturated heterocycles. The molecule has 2 rings (SSSR count). The molecule has 0 aromatic heterocycles. The van der Waals surface area contributed by atoms with Crippen LogP contribution < -0.4 is 0 Å². The van der Waals surface area contributed by atoms with Gasteiger partial charge in [-0.15, -0.1) is 0 Å². The van der Waals surface area contributed by atoms with E-state index in [1.807, 2.05) is 13.8 Å². The zero-order valence-electron chi connectivity index (χ0n) is 6.85. The van der Waals surface area contributed by atoms with Crippen molar-refractivity contribution in [3.63, 3.8) is 0 Å². The molecule has 9 heavy (non-hydrogen) atoms. The first kappa shape index (κ1) is 7.11. The van der Waals surface area contributed by atoms with Crippen LogP contribution in [0.4, 0.5) is 0 Å². The van der Waals surface area contributed by atoms with Crippen molar-refractivity contribution in [3.8, 4) is 0 Å². The SMILES string of the molecule is CC.CC1CC2CC2C1. The molecule has 0 nitrogen and oxygen atoms in total. The minimum absolute atomic E-state index is 1.07. The molecule has 2 saturated carbocycles. The van der Waals surface area contributed by atoms with Crippen LogP contribution in [0.15, 0.2) is 0 Å². The molecule has 2 unspecified atom stereocenters. The summed E-state index contributed by atoms with van der Waals surface area (Å²) in [6.07, 6.45) is 4.67. The second kappa shape index (κ2) is 2.72. The molecule has 0 heterocycles. The summed E-state index contributed by atoms with van der Waals surface area (Å²) in [4.78, 5) is 0. The minimum atomic E-state index is 1.07. The van der Waals surface area contributed by atoms with Crippen molar-refractivity contribution in [2.75, 3.05) is 0 Å². The van der Waals surface area contributed by atoms with Crippen LogP contribution in [-0.2, 0) is 0 Å². The van der Waals surface area contributed by atoms with Gasteiger partial charge in [0.25, 0.3) is 0 Å². The average Bonchev–Trinajstić information content (AvgIpc) is 2.46. The van der Waals surface area contributed by atoms with Crippen LogP contribution in [0.2, 0.25) is 0 Å². The van der Waals surface area contributed by atoms with E-state index in [0.717, 1.165) is 5.92 Å². The Hall–Kier alpha value is 0. The molecular formula is C9H18. The summed E-state index contributed by atoms with van der Waals surface area (Å²) in [5, 5.41) is 0. The molecule has 0 aromatic rings. The van der Waals surface area contributed by atoms with Gasteiger partial charge in [-0.1, -0.05) is 20.8 Å². The van der Waals surface area contributed by atoms with Crippen LogP contribution in [-0.4, -0.2) is 0 Å². The molecule has 0 N–H and O–H groups in total. The summed E-state index contributed by atoms with van der Waals surface area (Å²) in [5.41, 5.74) is 0. The maximum absolute atomic E-state index is 2.38. The second-order valence-electron chi connectivity index (χ2n) is 3.33. The van der Waals surface area contributed by atoms with Gasteiger partial charge in [0.1, 0.15) is 0 Å². The molecule has 0 heteroatoms. The lowest BCUT2D eigenvalue weighted by Gasteiger charge is -1.98. The van der Waals surface area contributed by atoms with E-state index in [0.29, 0.717) is 0 Å². The summed E-state index contributed by atoms with van der Waals surface area (Å²) in [7, 11) is 0. The molecule has 0 spiro atoms. The van der Waals surface area contributed by atoms with Crippen molar-refractivity contribution in [2.24, 2.45) is 17.8 Å². The highest BCUT2D eigenvalue weighted by Gasteiger charge is 2.43. The fourth-order valence-corrected chi connectivity index (χ4v) is 2.02. The number of hydrogen-bond donors (Lipinski definition) is 0. The normalized spacial score (nSPS) is 45.0. The topological polar surface area (TPSA) is 0 Å². The van der Waals surface area contributed by atoms with Crippen LogP contribution >= 0.6 is 0 Å². The van der Waals surface area contributed by atoms with Gasteiger partial charge in [0.15, 0.2) is 0 Å². The Bertz CT molecular complexity index is 76.0. The molecule has 2 atom stereocenters. The van der Waals surface area contributed by atoms with Gasteiger partial charge in [-0.2, -0.15) is 0 Å². The fraction of sp³-hybridized carbons (Fsp3) is 1.00. The zero-order valence-corrected chi connectivity index (χ0v) is 6.85. The Morgan fingerprint density at radius 2 is 1.33 bits per heavy atom. The summed E-state index contributed by atoms with van der Waals surface area (Å²) >= 11 is 0. The number of rotatable bonds is 0. The first-order chi connectivity index (χ1) is 4.36. The third-order valence-electron chi connectivity index (χ3n) is 2.48. The zero-order chi connectivity index (χ0) is 6.85. The summed E-state index contributed by atoms with van der Waals surface area (Å²) in [5.74, 6) is 3.45. The standard InChI is InChI=1S/C7H12.C2H6/c1-5-2-6-4-7(6)3-5;1-2/h5-7H,2-4H2,1H3;1-2H3. The Kier molecular flexibility index (Phi) is 2.15. The quantitative estimate of drug-likeness (QED) is 0.468. The van der Waals surface area contributed by atoms with Gasteiger partial charge in [-0.25, -0.2) is 0 Å². The summed E-state index contributed by atoms with van der Waals surface area (Å²) in [6, 6.07) is 0. The lowest BCUT2D eigenvalue weighted by molar-refractivity contribution is 0.535. The van der Waals surface area contributed by atoms with Gasteiger partial charge in [-0.3, -0.25) is 0 Å². The molecule has 2 aliphatic carbocycles. The van der Waals surface area contributed by atoms with Crippen molar-refractivity contribution in [2.45, 2.75) is 40.0 Å². The van der Waals surface area contributed by atoms with Gasteiger partial charge >= 0.3 is 0 Å². The summed E-state index contributed by atoms with van der Waals surface area (Å²) < 4.78 is 0. The van der Waals surface area contributed by atoms with Crippen LogP contribution in [0, 0.1) is 17.8 Å². The Morgan fingerprint density at radius 1 is 0.889 bits per heavy atom. The van der Waals surface area contributed by atoms with E-state index in [1.165, 1.54) is 11.8 Å². The molecule has 54 valence electrons. The lowest BCUT2D eigenvalue weighted by Crippen LogP contribution is -1.86. The van der Waals surface area contributed by atoms with Gasteiger partial charge in [0.05, 0.1) is 0 Å². The number of fused-ring (bicyclic) bond motifs is 1. The fourth-order valence-electron chi connectivity index (χ4n) is 2.02. The van der Waals surface area contributed by atoms with Gasteiger partial charge in [-0.05, 0) is 37.0 Å². The van der Waals surface area contributed by atoms with Crippen LogP contribution in [0.25, 0.3) is 0 Å². The second-order valence-corrected chi connectivity index (χ2v) is 3.33. The summed E-state index contributed by atoms with van der Waals surface area (Å²) in [6.45, 7) is 6.38. The predicted octanol–water partition coefficient (Wildman–Crippen LogP) is 3.08. The average molecular weight is 126 g/mol. The Labute approximate surface area is 58.7 Å². The van der Waals surface area contributed by atoms with Crippen LogP contribution in [0.5, 0.6) is 0 Å². The van der Waals surface area contributed by atoms with Gasteiger partial charge < -0.3 is 0 Å². The molecule has 0 amide bonds. The van der Waals surface area contributed by atoms with E-state index in [-0.39, 0.29) is 0 Å². The maximum atomic E-state index is 2.38. The lowest BCUT2D eigenvalue weighted by atomic mass is 10.1. The van der Waals surface area contributed by atoms with Crippen LogP contribution in [0.1, 0.15) is 40.0 Å². The molecule has 0 aromatic carbocycles. The molecular weight excluding hydrogens is 108 g/mol. The van der Waals surface area contributed by atoms with Crippen molar-refractivity contribution in [3.05, 3.63) is 0 Å². The van der Waals surface area contributed by atoms with Crippen molar-refractivity contribution < 1.29 is 0 Å². The highest BCUT2D eigenvalue weighted by Crippen LogP contribution is 2.53. The van der Waals surface area contributed by atoms with Gasteiger partial charge in [0.2, 0.25) is 0 Å². The van der Waals surface area contributed by atoms with Crippen molar-refractivity contribution in [1.82, 2.24) is 0 Å². The smallest absolute Gasteiger partial charge is 0.0380 e. The maximum Gasteiger partial charge on any atom is -0.0380 e. The van der Waals surface area contributed by atoms with Gasteiger partial charge in [0, 0.05) is 0 Å². The van der Waals surface area contributed by atoms with Crippen LogP contribution in [0.3, 0.4) is 0 Å². The Morgan fingerprint density at radius 3 is 1.56 bits per heavy atom. The van der Waals surface area contributed by atoms with E-state index in [2.05, 4.69) is 6.92 Å². The van der Waals surface area contributed by atoms with Crippen molar-refractivity contribution >= 4 is 0 Å². The van der Waals surface area contributed by atoms with E-state index in [4.69, 9.17) is 0 Å². The predicted molar refractivity (Wildman–Crippen MR) is 41.3 cm³/mol. The minimum Gasteiger partial charge on any atom is -0.0683 e. The molecule has 0 aliphatic heterocycles. The van der Waals surface area contributed by atoms with E-state index in [9.17, 15) is 0 Å². The Balaban J connectivity index is 0.000000186. The van der Waals surface area contributed by atoms with E-state index in [1.54, 1.807) is 19.3 Å². The monoisotopic (exact) mass is 126 g/mol. The molecule has 0 radical (unpaired) electrons. The first-order valence-electron chi connectivity index (χ1n) is 4.36. The van der Waals surface area contributed by atoms with E-state index < -0.39 is 0 Å². The third-order valence-corrected chi connectivity index (χ3v) is 2.48. The molecule has 2 aliphatic rings. The number of hydrogen-bond acceptors (Lipinski definition) is 0. The highest BCUT2D eigenvalue weighted by molar-refractivity contribution is 4.94. The van der Waals surface area contributed by atoms with E-state index >= 15 is 0 Å². The molecule has 0 bridgehead atoms.